The molecular weight excluding hydrogens is 214 g/mol. The lowest BCUT2D eigenvalue weighted by atomic mass is 10.1. The number of nitrogens with one attached hydrogen (secondary N) is 2. The standard InChI is InChI=1S/C13H29N3O/c1-11(2)16(6)9-7-8-14-10-12(17)15-13(3,4)5/h11,14H,7-10H2,1-6H3,(H,15,17). The van der Waals surface area contributed by atoms with Crippen LogP contribution in [-0.4, -0.2) is 49.1 Å². The largest absolute Gasteiger partial charge is 0.350 e. The molecule has 4 heteroatoms. The summed E-state index contributed by atoms with van der Waals surface area (Å²) in [5, 5.41) is 6.09. The number of amides is 1. The fraction of sp³-hybridized carbons (Fsp3) is 0.923. The molecule has 0 aromatic carbocycles. The van der Waals surface area contributed by atoms with E-state index in [4.69, 9.17) is 0 Å². The first kappa shape index (κ1) is 16.4. The topological polar surface area (TPSA) is 44.4 Å². The average molecular weight is 243 g/mol. The molecule has 0 rings (SSSR count). The molecule has 0 radical (unpaired) electrons. The number of rotatable bonds is 7. The van der Waals surface area contributed by atoms with Crippen molar-refractivity contribution in [1.82, 2.24) is 15.5 Å². The lowest BCUT2D eigenvalue weighted by Gasteiger charge is -2.22. The van der Waals surface area contributed by atoms with Crippen LogP contribution in [0.25, 0.3) is 0 Å². The number of carbonyl (C=O) groups is 1. The summed E-state index contributed by atoms with van der Waals surface area (Å²) < 4.78 is 0. The first-order chi connectivity index (χ1) is 7.72. The maximum atomic E-state index is 11.5. The van der Waals surface area contributed by atoms with Gasteiger partial charge in [-0.2, -0.15) is 0 Å². The zero-order valence-corrected chi connectivity index (χ0v) is 12.3. The number of hydrogen-bond acceptors (Lipinski definition) is 3. The molecule has 2 N–H and O–H groups in total. The lowest BCUT2D eigenvalue weighted by Crippen LogP contribution is -2.45. The third kappa shape index (κ3) is 10.3. The van der Waals surface area contributed by atoms with Gasteiger partial charge in [-0.15, -0.1) is 0 Å². The van der Waals surface area contributed by atoms with Crippen LogP contribution in [0.2, 0.25) is 0 Å². The molecule has 0 aromatic heterocycles. The van der Waals surface area contributed by atoms with Crippen molar-refractivity contribution < 1.29 is 4.79 Å². The van der Waals surface area contributed by atoms with Crippen molar-refractivity contribution in [3.05, 3.63) is 0 Å². The van der Waals surface area contributed by atoms with Crippen LogP contribution >= 0.6 is 0 Å². The highest BCUT2D eigenvalue weighted by Crippen LogP contribution is 1.97. The van der Waals surface area contributed by atoms with E-state index in [0.717, 1.165) is 19.5 Å². The quantitative estimate of drug-likeness (QED) is 0.661. The summed E-state index contributed by atoms with van der Waals surface area (Å²) >= 11 is 0. The van der Waals surface area contributed by atoms with Crippen molar-refractivity contribution >= 4 is 5.91 Å². The van der Waals surface area contributed by atoms with Gasteiger partial charge in [-0.25, -0.2) is 0 Å². The summed E-state index contributed by atoms with van der Waals surface area (Å²) in [6.07, 6.45) is 1.07. The smallest absolute Gasteiger partial charge is 0.234 e. The van der Waals surface area contributed by atoms with Gasteiger partial charge >= 0.3 is 0 Å². The third-order valence-corrected chi connectivity index (χ3v) is 2.55. The van der Waals surface area contributed by atoms with Gasteiger partial charge in [0, 0.05) is 11.6 Å². The molecule has 0 spiro atoms. The van der Waals surface area contributed by atoms with Gasteiger partial charge in [0.2, 0.25) is 5.91 Å². The Hall–Kier alpha value is -0.610. The monoisotopic (exact) mass is 243 g/mol. The van der Waals surface area contributed by atoms with Crippen LogP contribution in [0.1, 0.15) is 41.0 Å². The maximum Gasteiger partial charge on any atom is 0.234 e. The van der Waals surface area contributed by atoms with Crippen LogP contribution in [0.5, 0.6) is 0 Å². The molecule has 0 aliphatic rings. The summed E-state index contributed by atoms with van der Waals surface area (Å²) in [7, 11) is 2.12. The van der Waals surface area contributed by atoms with Gasteiger partial charge in [0.1, 0.15) is 0 Å². The molecule has 0 saturated carbocycles. The average Bonchev–Trinajstić information content (AvgIpc) is 2.13. The molecule has 4 nitrogen and oxygen atoms in total. The van der Waals surface area contributed by atoms with Gasteiger partial charge in [-0.1, -0.05) is 0 Å². The molecule has 17 heavy (non-hydrogen) atoms. The van der Waals surface area contributed by atoms with Crippen LogP contribution < -0.4 is 10.6 Å². The van der Waals surface area contributed by atoms with Gasteiger partial charge in [0.05, 0.1) is 6.54 Å². The fourth-order valence-corrected chi connectivity index (χ4v) is 1.38. The molecule has 0 aliphatic heterocycles. The van der Waals surface area contributed by atoms with Crippen molar-refractivity contribution in [3.63, 3.8) is 0 Å². The van der Waals surface area contributed by atoms with E-state index in [1.165, 1.54) is 0 Å². The molecule has 0 atom stereocenters. The fourth-order valence-electron chi connectivity index (χ4n) is 1.38. The number of nitrogens with zero attached hydrogens (tertiary/aromatic N) is 1. The zero-order valence-electron chi connectivity index (χ0n) is 12.3. The molecule has 102 valence electrons. The Bertz CT molecular complexity index is 221. The van der Waals surface area contributed by atoms with Gasteiger partial charge in [-0.05, 0) is 61.2 Å². The van der Waals surface area contributed by atoms with Crippen LogP contribution in [0, 0.1) is 0 Å². The third-order valence-electron chi connectivity index (χ3n) is 2.55. The normalized spacial score (nSPS) is 12.2. The minimum atomic E-state index is -0.142. The Labute approximate surface area is 106 Å². The van der Waals surface area contributed by atoms with Gasteiger partial charge in [0.25, 0.3) is 0 Å². The van der Waals surface area contributed by atoms with Crippen molar-refractivity contribution in [2.45, 2.75) is 52.6 Å². The van der Waals surface area contributed by atoms with E-state index >= 15 is 0 Å². The molecule has 0 unspecified atom stereocenters. The minimum Gasteiger partial charge on any atom is -0.350 e. The van der Waals surface area contributed by atoms with E-state index in [2.05, 4.69) is 36.4 Å². The minimum absolute atomic E-state index is 0.0646. The summed E-state index contributed by atoms with van der Waals surface area (Å²) in [5.74, 6) is 0.0646. The predicted octanol–water partition coefficient (Wildman–Crippen LogP) is 1.22. The Kier molecular flexibility index (Phi) is 7.39. The van der Waals surface area contributed by atoms with E-state index in [1.54, 1.807) is 0 Å². The zero-order chi connectivity index (χ0) is 13.5. The molecule has 0 aliphatic carbocycles. The van der Waals surface area contributed by atoms with Crippen molar-refractivity contribution in [1.29, 1.82) is 0 Å². The predicted molar refractivity (Wildman–Crippen MR) is 73.1 cm³/mol. The second kappa shape index (κ2) is 7.67. The second-order valence-corrected chi connectivity index (χ2v) is 5.90. The second-order valence-electron chi connectivity index (χ2n) is 5.90. The number of hydrogen-bond donors (Lipinski definition) is 2. The number of carbonyl (C=O) groups excluding carboxylic acids is 1. The van der Waals surface area contributed by atoms with E-state index in [0.29, 0.717) is 12.6 Å². The van der Waals surface area contributed by atoms with E-state index in [-0.39, 0.29) is 11.4 Å². The van der Waals surface area contributed by atoms with E-state index in [9.17, 15) is 4.79 Å². The van der Waals surface area contributed by atoms with Crippen LogP contribution in [0.4, 0.5) is 0 Å². The van der Waals surface area contributed by atoms with Crippen molar-refractivity contribution in [2.24, 2.45) is 0 Å². The van der Waals surface area contributed by atoms with Gasteiger partial charge < -0.3 is 15.5 Å². The van der Waals surface area contributed by atoms with Gasteiger partial charge in [0.15, 0.2) is 0 Å². The van der Waals surface area contributed by atoms with Crippen LogP contribution in [-0.2, 0) is 4.79 Å². The van der Waals surface area contributed by atoms with E-state index in [1.807, 2.05) is 20.8 Å². The molecule has 0 heterocycles. The summed E-state index contributed by atoms with van der Waals surface area (Å²) in [6.45, 7) is 12.7. The molecule has 1 amide bonds. The molecule has 0 bridgehead atoms. The molecule has 0 fully saturated rings. The Morgan fingerprint density at radius 2 is 1.88 bits per heavy atom. The summed E-state index contributed by atoms with van der Waals surface area (Å²) in [4.78, 5) is 13.8. The Balaban J connectivity index is 3.49. The molecule has 0 saturated heterocycles. The van der Waals surface area contributed by atoms with Gasteiger partial charge in [-0.3, -0.25) is 4.79 Å². The Morgan fingerprint density at radius 1 is 1.29 bits per heavy atom. The Morgan fingerprint density at radius 3 is 2.35 bits per heavy atom. The highest BCUT2D eigenvalue weighted by atomic mass is 16.2. The van der Waals surface area contributed by atoms with Crippen LogP contribution in [0.3, 0.4) is 0 Å². The molecule has 0 aromatic rings. The summed E-state index contributed by atoms with van der Waals surface area (Å²) in [6, 6.07) is 0.583. The van der Waals surface area contributed by atoms with E-state index < -0.39 is 0 Å². The van der Waals surface area contributed by atoms with Crippen molar-refractivity contribution in [2.75, 3.05) is 26.7 Å². The van der Waals surface area contributed by atoms with Crippen LogP contribution in [0.15, 0.2) is 0 Å². The first-order valence-corrected chi connectivity index (χ1v) is 6.44. The maximum absolute atomic E-state index is 11.5. The SMILES string of the molecule is CC(C)N(C)CCCNCC(=O)NC(C)(C)C. The lowest BCUT2D eigenvalue weighted by molar-refractivity contribution is -0.121. The van der Waals surface area contributed by atoms with Crippen molar-refractivity contribution in [3.8, 4) is 0 Å². The molecular formula is C13H29N3O. The highest BCUT2D eigenvalue weighted by molar-refractivity contribution is 5.78. The highest BCUT2D eigenvalue weighted by Gasteiger charge is 2.12. The summed E-state index contributed by atoms with van der Waals surface area (Å²) in [5.41, 5.74) is -0.142. The first-order valence-electron chi connectivity index (χ1n) is 6.44.